The predicted molar refractivity (Wildman–Crippen MR) is 66.6 cm³/mol. The Bertz CT molecular complexity index is 359. The number of piperidine rings is 1. The highest BCUT2D eigenvalue weighted by atomic mass is 35.5. The van der Waals surface area contributed by atoms with Crippen LogP contribution in [0.25, 0.3) is 0 Å². The van der Waals surface area contributed by atoms with E-state index >= 15 is 0 Å². The Morgan fingerprint density at radius 3 is 2.94 bits per heavy atom. The van der Waals surface area contributed by atoms with Crippen LogP contribution in [0.2, 0.25) is 5.02 Å². The molecule has 2 rings (SSSR count). The highest BCUT2D eigenvalue weighted by Gasteiger charge is 2.34. The third kappa shape index (κ3) is 2.40. The van der Waals surface area contributed by atoms with Crippen molar-refractivity contribution in [1.82, 2.24) is 5.32 Å². The zero-order valence-corrected chi connectivity index (χ0v) is 10.3. The van der Waals surface area contributed by atoms with E-state index in [0.29, 0.717) is 5.02 Å². The minimum absolute atomic E-state index is 0.264. The van der Waals surface area contributed by atoms with Gasteiger partial charge in [0.25, 0.3) is 0 Å². The SMILES string of the molecule is C[C@](O)(c1cccc(Cl)c1)C1CCCNC1. The molecule has 0 aromatic heterocycles. The van der Waals surface area contributed by atoms with Crippen molar-refractivity contribution in [3.05, 3.63) is 34.9 Å². The third-order valence-corrected chi connectivity index (χ3v) is 3.74. The number of benzene rings is 1. The Hall–Kier alpha value is -0.570. The van der Waals surface area contributed by atoms with E-state index in [1.54, 1.807) is 0 Å². The second kappa shape index (κ2) is 4.74. The van der Waals surface area contributed by atoms with Gasteiger partial charge in [-0.1, -0.05) is 23.7 Å². The normalized spacial score (nSPS) is 25.1. The fourth-order valence-corrected chi connectivity index (χ4v) is 2.56. The summed E-state index contributed by atoms with van der Waals surface area (Å²) in [6.07, 6.45) is 2.19. The van der Waals surface area contributed by atoms with E-state index in [2.05, 4.69) is 5.32 Å². The van der Waals surface area contributed by atoms with Crippen molar-refractivity contribution in [2.45, 2.75) is 25.4 Å². The summed E-state index contributed by atoms with van der Waals surface area (Å²) >= 11 is 5.96. The van der Waals surface area contributed by atoms with Crippen LogP contribution in [-0.2, 0) is 5.60 Å². The van der Waals surface area contributed by atoms with Gasteiger partial charge in [-0.05, 0) is 44.0 Å². The first-order valence-corrected chi connectivity index (χ1v) is 6.17. The van der Waals surface area contributed by atoms with Gasteiger partial charge in [-0.2, -0.15) is 0 Å². The fraction of sp³-hybridized carbons (Fsp3) is 0.538. The minimum Gasteiger partial charge on any atom is -0.385 e. The lowest BCUT2D eigenvalue weighted by Crippen LogP contribution is -2.42. The molecule has 2 nitrogen and oxygen atoms in total. The van der Waals surface area contributed by atoms with Gasteiger partial charge in [-0.3, -0.25) is 0 Å². The van der Waals surface area contributed by atoms with Crippen molar-refractivity contribution in [3.8, 4) is 0 Å². The van der Waals surface area contributed by atoms with Crippen LogP contribution in [0, 0.1) is 5.92 Å². The molecule has 16 heavy (non-hydrogen) atoms. The second-order valence-corrected chi connectivity index (χ2v) is 5.14. The number of aliphatic hydroxyl groups is 1. The Morgan fingerprint density at radius 1 is 1.50 bits per heavy atom. The summed E-state index contributed by atoms with van der Waals surface area (Å²) in [4.78, 5) is 0. The lowest BCUT2D eigenvalue weighted by molar-refractivity contribution is -0.0156. The molecule has 1 aromatic carbocycles. The molecule has 1 unspecified atom stereocenters. The summed E-state index contributed by atoms with van der Waals surface area (Å²) in [7, 11) is 0. The number of hydrogen-bond donors (Lipinski definition) is 2. The third-order valence-electron chi connectivity index (χ3n) is 3.50. The van der Waals surface area contributed by atoms with Crippen LogP contribution in [0.3, 0.4) is 0 Å². The largest absolute Gasteiger partial charge is 0.385 e. The Morgan fingerprint density at radius 2 is 2.31 bits per heavy atom. The van der Waals surface area contributed by atoms with Gasteiger partial charge < -0.3 is 10.4 Å². The molecule has 2 N–H and O–H groups in total. The van der Waals surface area contributed by atoms with Gasteiger partial charge in [-0.25, -0.2) is 0 Å². The topological polar surface area (TPSA) is 32.3 Å². The van der Waals surface area contributed by atoms with E-state index in [4.69, 9.17) is 11.6 Å². The number of halogens is 1. The standard InChI is InChI=1S/C13H18ClNO/c1-13(16,11-5-3-7-15-9-11)10-4-2-6-12(14)8-10/h2,4,6,8,11,15-16H,3,5,7,9H2,1H3/t11?,13-/m0/s1. The first-order valence-electron chi connectivity index (χ1n) is 5.80. The maximum Gasteiger partial charge on any atom is 0.0909 e. The molecule has 1 fully saturated rings. The van der Waals surface area contributed by atoms with Gasteiger partial charge in [0.2, 0.25) is 0 Å². The fourth-order valence-electron chi connectivity index (χ4n) is 2.37. The van der Waals surface area contributed by atoms with Gasteiger partial charge in [0.05, 0.1) is 5.60 Å². The van der Waals surface area contributed by atoms with Crippen molar-refractivity contribution in [1.29, 1.82) is 0 Å². The lowest BCUT2D eigenvalue weighted by Gasteiger charge is -2.36. The zero-order valence-electron chi connectivity index (χ0n) is 9.54. The average Bonchev–Trinajstić information content (AvgIpc) is 2.30. The van der Waals surface area contributed by atoms with E-state index in [1.165, 1.54) is 0 Å². The quantitative estimate of drug-likeness (QED) is 0.832. The van der Waals surface area contributed by atoms with Crippen molar-refractivity contribution >= 4 is 11.6 Å². The van der Waals surface area contributed by atoms with Gasteiger partial charge in [0.1, 0.15) is 0 Å². The van der Waals surface area contributed by atoms with Crippen LogP contribution in [-0.4, -0.2) is 18.2 Å². The monoisotopic (exact) mass is 239 g/mol. The number of rotatable bonds is 2. The molecule has 1 aliphatic rings. The van der Waals surface area contributed by atoms with Crippen LogP contribution in [0.15, 0.2) is 24.3 Å². The minimum atomic E-state index is -0.793. The van der Waals surface area contributed by atoms with Crippen LogP contribution in [0.4, 0.5) is 0 Å². The molecule has 0 spiro atoms. The molecule has 0 bridgehead atoms. The molecule has 0 saturated carbocycles. The van der Waals surface area contributed by atoms with Crippen molar-refractivity contribution in [2.75, 3.05) is 13.1 Å². The smallest absolute Gasteiger partial charge is 0.0909 e. The van der Waals surface area contributed by atoms with Crippen LogP contribution < -0.4 is 5.32 Å². The van der Waals surface area contributed by atoms with E-state index in [-0.39, 0.29) is 5.92 Å². The van der Waals surface area contributed by atoms with E-state index < -0.39 is 5.60 Å². The molecule has 0 aliphatic carbocycles. The number of hydrogen-bond acceptors (Lipinski definition) is 2. The molecule has 1 aromatic rings. The molecule has 1 aliphatic heterocycles. The lowest BCUT2D eigenvalue weighted by atomic mass is 9.79. The summed E-state index contributed by atoms with van der Waals surface area (Å²) in [5.74, 6) is 0.264. The van der Waals surface area contributed by atoms with Gasteiger partial charge >= 0.3 is 0 Å². The van der Waals surface area contributed by atoms with Crippen LogP contribution >= 0.6 is 11.6 Å². The first-order chi connectivity index (χ1) is 7.60. The molecule has 1 heterocycles. The van der Waals surface area contributed by atoms with Crippen molar-refractivity contribution in [3.63, 3.8) is 0 Å². The molecule has 0 radical (unpaired) electrons. The van der Waals surface area contributed by atoms with Gasteiger partial charge in [0, 0.05) is 17.5 Å². The van der Waals surface area contributed by atoms with Gasteiger partial charge in [-0.15, -0.1) is 0 Å². The van der Waals surface area contributed by atoms with E-state index in [9.17, 15) is 5.11 Å². The molecule has 0 amide bonds. The molecule has 88 valence electrons. The van der Waals surface area contributed by atoms with E-state index in [1.807, 2.05) is 31.2 Å². The first kappa shape index (κ1) is 11.9. The van der Waals surface area contributed by atoms with Crippen molar-refractivity contribution in [2.24, 2.45) is 5.92 Å². The summed E-state index contributed by atoms with van der Waals surface area (Å²) in [6.45, 7) is 3.82. The van der Waals surface area contributed by atoms with Crippen LogP contribution in [0.5, 0.6) is 0 Å². The number of nitrogens with one attached hydrogen (secondary N) is 1. The summed E-state index contributed by atoms with van der Waals surface area (Å²) < 4.78 is 0. The Balaban J connectivity index is 2.22. The highest BCUT2D eigenvalue weighted by molar-refractivity contribution is 6.30. The Kier molecular flexibility index (Phi) is 3.53. The molecular formula is C13H18ClNO. The molecule has 2 atom stereocenters. The maximum absolute atomic E-state index is 10.6. The second-order valence-electron chi connectivity index (χ2n) is 4.70. The molecular weight excluding hydrogens is 222 g/mol. The summed E-state index contributed by atoms with van der Waals surface area (Å²) in [5, 5.41) is 14.7. The average molecular weight is 240 g/mol. The van der Waals surface area contributed by atoms with Crippen LogP contribution in [0.1, 0.15) is 25.3 Å². The Labute approximate surface area is 102 Å². The molecule has 1 saturated heterocycles. The summed E-state index contributed by atoms with van der Waals surface area (Å²) in [5.41, 5.74) is 0.118. The maximum atomic E-state index is 10.6. The van der Waals surface area contributed by atoms with Gasteiger partial charge in [0.15, 0.2) is 0 Å². The summed E-state index contributed by atoms with van der Waals surface area (Å²) in [6, 6.07) is 7.53. The predicted octanol–water partition coefficient (Wildman–Crippen LogP) is 2.55. The highest BCUT2D eigenvalue weighted by Crippen LogP contribution is 2.34. The molecule has 3 heteroatoms. The zero-order chi connectivity index (χ0) is 11.6. The van der Waals surface area contributed by atoms with Crippen molar-refractivity contribution < 1.29 is 5.11 Å². The van der Waals surface area contributed by atoms with E-state index in [0.717, 1.165) is 31.5 Å².